The summed E-state index contributed by atoms with van der Waals surface area (Å²) in [5.74, 6) is 2.12. The lowest BCUT2D eigenvalue weighted by atomic mass is 9.49. The van der Waals surface area contributed by atoms with Crippen LogP contribution >= 0.6 is 0 Å². The van der Waals surface area contributed by atoms with E-state index in [9.17, 15) is 14.0 Å². The topological polar surface area (TPSA) is 67.4 Å². The molecule has 6 heteroatoms. The summed E-state index contributed by atoms with van der Waals surface area (Å²) in [4.78, 5) is 25.6. The molecule has 162 valence electrons. The highest BCUT2D eigenvalue weighted by atomic mass is 19.1. The minimum absolute atomic E-state index is 0.0334. The third-order valence-electron chi connectivity index (χ3n) is 7.11. The van der Waals surface area contributed by atoms with Crippen molar-refractivity contribution >= 4 is 17.5 Å². The number of nitrogens with one attached hydrogen (secondary N) is 2. The standard InChI is InChI=1S/C25H27FN2O3/c26-19-4-3-5-20(11-19)31-22-7-2-1-6-21(22)28-23(29)15-27-24(30)25-12-16-8-17(13-25)10-18(9-16)14-25/h1-7,11,16-18H,8-10,12-15H2,(H,27,30)(H,28,29). The van der Waals surface area contributed by atoms with E-state index in [1.165, 1.54) is 31.4 Å². The predicted molar refractivity (Wildman–Crippen MR) is 115 cm³/mol. The largest absolute Gasteiger partial charge is 0.455 e. The molecule has 5 nitrogen and oxygen atoms in total. The number of amides is 2. The van der Waals surface area contributed by atoms with Crippen molar-refractivity contribution in [3.05, 3.63) is 54.3 Å². The summed E-state index contributed by atoms with van der Waals surface area (Å²) < 4.78 is 19.2. The van der Waals surface area contributed by atoms with Crippen molar-refractivity contribution in [2.24, 2.45) is 23.2 Å². The first kappa shape index (κ1) is 20.0. The van der Waals surface area contributed by atoms with Gasteiger partial charge in [0, 0.05) is 11.5 Å². The first-order valence-electron chi connectivity index (χ1n) is 11.1. The van der Waals surface area contributed by atoms with Crippen LogP contribution in [0.5, 0.6) is 11.5 Å². The molecule has 4 saturated carbocycles. The number of anilines is 1. The second-order valence-corrected chi connectivity index (χ2v) is 9.48. The Morgan fingerprint density at radius 3 is 2.32 bits per heavy atom. The lowest BCUT2D eigenvalue weighted by molar-refractivity contribution is -0.146. The molecule has 4 aliphatic carbocycles. The average Bonchev–Trinajstić information content (AvgIpc) is 2.72. The molecule has 0 atom stereocenters. The molecule has 2 N–H and O–H groups in total. The van der Waals surface area contributed by atoms with E-state index in [0.717, 1.165) is 19.3 Å². The van der Waals surface area contributed by atoms with Gasteiger partial charge in [-0.2, -0.15) is 0 Å². The quantitative estimate of drug-likeness (QED) is 0.697. The van der Waals surface area contributed by atoms with Gasteiger partial charge in [-0.3, -0.25) is 9.59 Å². The van der Waals surface area contributed by atoms with E-state index >= 15 is 0 Å². The summed E-state index contributed by atoms with van der Waals surface area (Å²) >= 11 is 0. The van der Waals surface area contributed by atoms with E-state index in [2.05, 4.69) is 10.6 Å². The minimum atomic E-state index is -0.397. The molecule has 6 rings (SSSR count). The fraction of sp³-hybridized carbons (Fsp3) is 0.440. The molecule has 0 heterocycles. The highest BCUT2D eigenvalue weighted by Crippen LogP contribution is 2.60. The smallest absolute Gasteiger partial charge is 0.243 e. The lowest BCUT2D eigenvalue weighted by Crippen LogP contribution is -2.54. The van der Waals surface area contributed by atoms with Crippen molar-refractivity contribution < 1.29 is 18.7 Å². The van der Waals surface area contributed by atoms with Gasteiger partial charge < -0.3 is 15.4 Å². The second kappa shape index (κ2) is 7.98. The summed E-state index contributed by atoms with van der Waals surface area (Å²) in [6.45, 7) is -0.0745. The van der Waals surface area contributed by atoms with Gasteiger partial charge >= 0.3 is 0 Å². The van der Waals surface area contributed by atoms with E-state index in [4.69, 9.17) is 4.74 Å². The minimum Gasteiger partial charge on any atom is -0.455 e. The SMILES string of the molecule is O=C(CNC(=O)C12CC3CC(CC(C3)C1)C2)Nc1ccccc1Oc1cccc(F)c1. The average molecular weight is 423 g/mol. The highest BCUT2D eigenvalue weighted by Gasteiger charge is 2.54. The lowest BCUT2D eigenvalue weighted by Gasteiger charge is -2.55. The Morgan fingerprint density at radius 2 is 1.65 bits per heavy atom. The van der Waals surface area contributed by atoms with Gasteiger partial charge in [-0.15, -0.1) is 0 Å². The summed E-state index contributed by atoms with van der Waals surface area (Å²) in [7, 11) is 0. The Balaban J connectivity index is 1.20. The summed E-state index contributed by atoms with van der Waals surface area (Å²) in [6.07, 6.45) is 6.73. The van der Waals surface area contributed by atoms with Crippen LogP contribution in [0.15, 0.2) is 48.5 Å². The summed E-state index contributed by atoms with van der Waals surface area (Å²) in [5, 5.41) is 5.70. The maximum Gasteiger partial charge on any atom is 0.243 e. The van der Waals surface area contributed by atoms with Gasteiger partial charge in [-0.1, -0.05) is 18.2 Å². The molecular formula is C25H27FN2O3. The Kier molecular flexibility index (Phi) is 5.16. The van der Waals surface area contributed by atoms with E-state index < -0.39 is 5.82 Å². The Labute approximate surface area is 181 Å². The van der Waals surface area contributed by atoms with Gasteiger partial charge in [0.2, 0.25) is 11.8 Å². The van der Waals surface area contributed by atoms with Crippen molar-refractivity contribution in [1.82, 2.24) is 5.32 Å². The summed E-state index contributed by atoms with van der Waals surface area (Å²) in [6, 6.07) is 12.8. The fourth-order valence-electron chi connectivity index (χ4n) is 6.25. The third-order valence-corrected chi connectivity index (χ3v) is 7.11. The predicted octanol–water partition coefficient (Wildman–Crippen LogP) is 4.89. The number of ether oxygens (including phenoxy) is 1. The molecule has 0 unspecified atom stereocenters. The molecule has 0 saturated heterocycles. The molecule has 0 aromatic heterocycles. The number of hydrogen-bond acceptors (Lipinski definition) is 3. The number of carbonyl (C=O) groups excluding carboxylic acids is 2. The van der Waals surface area contributed by atoms with Crippen LogP contribution in [0.3, 0.4) is 0 Å². The van der Waals surface area contributed by atoms with Gasteiger partial charge in [0.25, 0.3) is 0 Å². The van der Waals surface area contributed by atoms with Crippen LogP contribution in [-0.2, 0) is 9.59 Å². The van der Waals surface area contributed by atoms with Gasteiger partial charge in [-0.05, 0) is 80.5 Å². The molecule has 2 aromatic rings. The van der Waals surface area contributed by atoms with Crippen molar-refractivity contribution in [1.29, 1.82) is 0 Å². The monoisotopic (exact) mass is 422 g/mol. The van der Waals surface area contributed by atoms with Gasteiger partial charge in [0.1, 0.15) is 11.6 Å². The number of halogens is 1. The fourth-order valence-corrected chi connectivity index (χ4v) is 6.25. The van der Waals surface area contributed by atoms with E-state index in [1.807, 2.05) is 0 Å². The number of rotatable bonds is 6. The van der Waals surface area contributed by atoms with E-state index in [0.29, 0.717) is 34.9 Å². The molecular weight excluding hydrogens is 395 g/mol. The maximum atomic E-state index is 13.4. The molecule has 0 aliphatic heterocycles. The zero-order chi connectivity index (χ0) is 21.4. The second-order valence-electron chi connectivity index (χ2n) is 9.48. The van der Waals surface area contributed by atoms with E-state index in [1.54, 1.807) is 36.4 Å². The Hall–Kier alpha value is -2.89. The van der Waals surface area contributed by atoms with Crippen molar-refractivity contribution in [2.75, 3.05) is 11.9 Å². The van der Waals surface area contributed by atoms with Crippen LogP contribution in [0.4, 0.5) is 10.1 Å². The zero-order valence-corrected chi connectivity index (χ0v) is 17.4. The highest BCUT2D eigenvalue weighted by molar-refractivity contribution is 5.96. The normalized spacial score (nSPS) is 28.2. The molecule has 0 radical (unpaired) electrons. The van der Waals surface area contributed by atoms with Crippen LogP contribution in [0, 0.1) is 29.0 Å². The Bertz CT molecular complexity index is 970. The van der Waals surface area contributed by atoms with Crippen LogP contribution < -0.4 is 15.4 Å². The zero-order valence-electron chi connectivity index (χ0n) is 17.4. The van der Waals surface area contributed by atoms with Crippen LogP contribution in [0.2, 0.25) is 0 Å². The number of benzene rings is 2. The van der Waals surface area contributed by atoms with Crippen molar-refractivity contribution in [3.63, 3.8) is 0 Å². The molecule has 4 aliphatic rings. The molecule has 31 heavy (non-hydrogen) atoms. The Morgan fingerprint density at radius 1 is 0.968 bits per heavy atom. The number of hydrogen-bond donors (Lipinski definition) is 2. The van der Waals surface area contributed by atoms with Crippen LogP contribution in [-0.4, -0.2) is 18.4 Å². The van der Waals surface area contributed by atoms with Gasteiger partial charge in [0.05, 0.1) is 12.2 Å². The maximum absolute atomic E-state index is 13.4. The third kappa shape index (κ3) is 4.16. The van der Waals surface area contributed by atoms with Gasteiger partial charge in [0.15, 0.2) is 5.75 Å². The van der Waals surface area contributed by atoms with Gasteiger partial charge in [-0.25, -0.2) is 4.39 Å². The van der Waals surface area contributed by atoms with Crippen molar-refractivity contribution in [3.8, 4) is 11.5 Å². The molecule has 0 spiro atoms. The number of carbonyl (C=O) groups is 2. The first-order valence-corrected chi connectivity index (χ1v) is 11.1. The summed E-state index contributed by atoms with van der Waals surface area (Å²) in [5.41, 5.74) is 0.203. The first-order chi connectivity index (χ1) is 15.0. The van der Waals surface area contributed by atoms with Crippen LogP contribution in [0.1, 0.15) is 38.5 Å². The van der Waals surface area contributed by atoms with Crippen molar-refractivity contribution in [2.45, 2.75) is 38.5 Å². The molecule has 2 amide bonds. The molecule has 4 fully saturated rings. The molecule has 2 aromatic carbocycles. The van der Waals surface area contributed by atoms with Crippen LogP contribution in [0.25, 0.3) is 0 Å². The van der Waals surface area contributed by atoms with E-state index in [-0.39, 0.29) is 23.8 Å². The number of para-hydroxylation sites is 2. The molecule has 4 bridgehead atoms.